The Bertz CT molecular complexity index is 522. The molecule has 0 aliphatic rings. The number of hydrogen-bond acceptors (Lipinski definition) is 2. The molecule has 0 saturated heterocycles. The second kappa shape index (κ2) is 6.55. The number of benzene rings is 1. The lowest BCUT2D eigenvalue weighted by atomic mass is 9.95. The Morgan fingerprint density at radius 2 is 1.75 bits per heavy atom. The van der Waals surface area contributed by atoms with Crippen molar-refractivity contribution in [2.75, 3.05) is 0 Å². The Labute approximate surface area is 127 Å². The van der Waals surface area contributed by atoms with Crippen LogP contribution in [0.2, 0.25) is 0 Å². The Morgan fingerprint density at radius 3 is 2.30 bits per heavy atom. The molecular weight excluding hydrogens is 262 g/mol. The van der Waals surface area contributed by atoms with Gasteiger partial charge in [0.1, 0.15) is 0 Å². The minimum Gasteiger partial charge on any atom is -0.305 e. The fourth-order valence-corrected chi connectivity index (χ4v) is 3.30. The molecule has 1 aromatic carbocycles. The van der Waals surface area contributed by atoms with Gasteiger partial charge in [0.05, 0.1) is 0 Å². The molecular formula is C18H25NS. The SMILES string of the molecule is CCC(NCc1ccc(C(C)(C)C)s1)c1ccccc1. The van der Waals surface area contributed by atoms with Gasteiger partial charge in [-0.1, -0.05) is 58.0 Å². The molecule has 108 valence electrons. The van der Waals surface area contributed by atoms with Crippen LogP contribution in [0.1, 0.15) is 55.5 Å². The van der Waals surface area contributed by atoms with Gasteiger partial charge in [-0.2, -0.15) is 0 Å². The average Bonchev–Trinajstić information content (AvgIpc) is 2.89. The van der Waals surface area contributed by atoms with Crippen molar-refractivity contribution in [2.24, 2.45) is 0 Å². The Kier molecular flexibility index (Phi) is 5.00. The monoisotopic (exact) mass is 287 g/mol. The molecule has 2 aromatic rings. The minimum absolute atomic E-state index is 0.256. The van der Waals surface area contributed by atoms with Gasteiger partial charge in [-0.3, -0.25) is 0 Å². The molecule has 1 unspecified atom stereocenters. The van der Waals surface area contributed by atoms with Crippen LogP contribution in [0.4, 0.5) is 0 Å². The minimum atomic E-state index is 0.256. The molecule has 1 heterocycles. The first-order valence-electron chi connectivity index (χ1n) is 7.38. The first-order valence-corrected chi connectivity index (χ1v) is 8.20. The summed E-state index contributed by atoms with van der Waals surface area (Å²) in [6.45, 7) is 10.0. The van der Waals surface area contributed by atoms with Crippen molar-refractivity contribution < 1.29 is 0 Å². The number of rotatable bonds is 5. The first kappa shape index (κ1) is 15.3. The van der Waals surface area contributed by atoms with E-state index in [1.807, 2.05) is 11.3 Å². The van der Waals surface area contributed by atoms with Crippen molar-refractivity contribution in [3.05, 3.63) is 57.8 Å². The van der Waals surface area contributed by atoms with Gasteiger partial charge in [0, 0.05) is 22.3 Å². The maximum absolute atomic E-state index is 3.68. The zero-order valence-corrected chi connectivity index (χ0v) is 13.8. The van der Waals surface area contributed by atoms with E-state index >= 15 is 0 Å². The summed E-state index contributed by atoms with van der Waals surface area (Å²) in [6.07, 6.45) is 1.11. The third kappa shape index (κ3) is 3.94. The lowest BCUT2D eigenvalue weighted by molar-refractivity contribution is 0.522. The van der Waals surface area contributed by atoms with Crippen LogP contribution < -0.4 is 5.32 Å². The van der Waals surface area contributed by atoms with Crippen molar-refractivity contribution in [3.63, 3.8) is 0 Å². The number of nitrogens with one attached hydrogen (secondary N) is 1. The predicted molar refractivity (Wildman–Crippen MR) is 89.3 cm³/mol. The summed E-state index contributed by atoms with van der Waals surface area (Å²) in [7, 11) is 0. The highest BCUT2D eigenvalue weighted by Crippen LogP contribution is 2.29. The highest BCUT2D eigenvalue weighted by Gasteiger charge is 2.16. The van der Waals surface area contributed by atoms with Crippen LogP contribution in [-0.4, -0.2) is 0 Å². The standard InChI is InChI=1S/C18H25NS/c1-5-16(14-9-7-6-8-10-14)19-13-15-11-12-17(20-15)18(2,3)4/h6-12,16,19H,5,13H2,1-4H3. The normalized spacial score (nSPS) is 13.4. The van der Waals surface area contributed by atoms with Crippen LogP contribution >= 0.6 is 11.3 Å². The van der Waals surface area contributed by atoms with Gasteiger partial charge in [0.25, 0.3) is 0 Å². The van der Waals surface area contributed by atoms with Gasteiger partial charge < -0.3 is 5.32 Å². The molecule has 0 aliphatic carbocycles. The van der Waals surface area contributed by atoms with Gasteiger partial charge in [0.15, 0.2) is 0 Å². The molecule has 1 aromatic heterocycles. The molecule has 0 saturated carbocycles. The zero-order chi connectivity index (χ0) is 14.6. The first-order chi connectivity index (χ1) is 9.50. The Hall–Kier alpha value is -1.12. The summed E-state index contributed by atoms with van der Waals surface area (Å²) in [6, 6.07) is 15.7. The van der Waals surface area contributed by atoms with E-state index in [-0.39, 0.29) is 5.41 Å². The van der Waals surface area contributed by atoms with Crippen LogP contribution in [0.5, 0.6) is 0 Å². The second-order valence-corrected chi connectivity index (χ2v) is 7.44. The van der Waals surface area contributed by atoms with E-state index in [1.165, 1.54) is 15.3 Å². The van der Waals surface area contributed by atoms with Crippen molar-refractivity contribution in [3.8, 4) is 0 Å². The van der Waals surface area contributed by atoms with E-state index in [0.717, 1.165) is 13.0 Å². The Morgan fingerprint density at radius 1 is 1.05 bits per heavy atom. The molecule has 0 radical (unpaired) electrons. The van der Waals surface area contributed by atoms with Gasteiger partial charge in [-0.05, 0) is 29.5 Å². The van der Waals surface area contributed by atoms with Gasteiger partial charge in [0.2, 0.25) is 0 Å². The maximum atomic E-state index is 3.68. The molecule has 2 rings (SSSR count). The summed E-state index contributed by atoms with van der Waals surface area (Å²) < 4.78 is 0. The summed E-state index contributed by atoms with van der Waals surface area (Å²) in [5.74, 6) is 0. The predicted octanol–water partition coefficient (Wildman–Crippen LogP) is 5.29. The molecule has 0 aliphatic heterocycles. The summed E-state index contributed by atoms with van der Waals surface area (Å²) in [5.41, 5.74) is 1.63. The Balaban J connectivity index is 1.99. The van der Waals surface area contributed by atoms with Crippen LogP contribution in [0, 0.1) is 0 Å². The molecule has 20 heavy (non-hydrogen) atoms. The largest absolute Gasteiger partial charge is 0.305 e. The molecule has 1 nitrogen and oxygen atoms in total. The van der Waals surface area contributed by atoms with Gasteiger partial charge in [-0.25, -0.2) is 0 Å². The van der Waals surface area contributed by atoms with E-state index in [9.17, 15) is 0 Å². The van der Waals surface area contributed by atoms with E-state index < -0.39 is 0 Å². The number of hydrogen-bond donors (Lipinski definition) is 1. The van der Waals surface area contributed by atoms with Gasteiger partial charge in [-0.15, -0.1) is 11.3 Å². The molecule has 0 bridgehead atoms. The maximum Gasteiger partial charge on any atom is 0.0320 e. The lowest BCUT2D eigenvalue weighted by Crippen LogP contribution is -2.19. The molecule has 0 fully saturated rings. The third-order valence-electron chi connectivity index (χ3n) is 3.53. The average molecular weight is 287 g/mol. The number of thiophene rings is 1. The van der Waals surface area contributed by atoms with Crippen molar-refractivity contribution in [1.82, 2.24) is 5.32 Å². The van der Waals surface area contributed by atoms with Gasteiger partial charge >= 0.3 is 0 Å². The smallest absolute Gasteiger partial charge is 0.0320 e. The summed E-state index contributed by atoms with van der Waals surface area (Å²) >= 11 is 1.92. The molecule has 0 spiro atoms. The molecule has 2 heteroatoms. The van der Waals surface area contributed by atoms with E-state index in [1.54, 1.807) is 0 Å². The van der Waals surface area contributed by atoms with Crippen LogP contribution in [-0.2, 0) is 12.0 Å². The van der Waals surface area contributed by atoms with E-state index in [4.69, 9.17) is 0 Å². The van der Waals surface area contributed by atoms with Crippen molar-refractivity contribution in [1.29, 1.82) is 0 Å². The highest BCUT2D eigenvalue weighted by atomic mass is 32.1. The fraction of sp³-hybridized carbons (Fsp3) is 0.444. The van der Waals surface area contributed by atoms with Crippen LogP contribution in [0.25, 0.3) is 0 Å². The summed E-state index contributed by atoms with van der Waals surface area (Å²) in [5, 5.41) is 3.68. The van der Waals surface area contributed by atoms with Crippen LogP contribution in [0.3, 0.4) is 0 Å². The van der Waals surface area contributed by atoms with E-state index in [0.29, 0.717) is 6.04 Å². The van der Waals surface area contributed by atoms with Crippen molar-refractivity contribution in [2.45, 2.75) is 52.1 Å². The molecule has 1 N–H and O–H groups in total. The zero-order valence-electron chi connectivity index (χ0n) is 12.9. The molecule has 0 amide bonds. The van der Waals surface area contributed by atoms with Crippen LogP contribution in [0.15, 0.2) is 42.5 Å². The highest BCUT2D eigenvalue weighted by molar-refractivity contribution is 7.12. The second-order valence-electron chi connectivity index (χ2n) is 6.27. The summed E-state index contributed by atoms with van der Waals surface area (Å²) in [4.78, 5) is 2.88. The van der Waals surface area contributed by atoms with Crippen molar-refractivity contribution >= 4 is 11.3 Å². The fourth-order valence-electron chi connectivity index (χ4n) is 2.28. The van der Waals surface area contributed by atoms with E-state index in [2.05, 4.69) is 75.5 Å². The molecule has 1 atom stereocenters. The third-order valence-corrected chi connectivity index (χ3v) is 5.04. The lowest BCUT2D eigenvalue weighted by Gasteiger charge is -2.17. The quantitative estimate of drug-likeness (QED) is 0.788. The topological polar surface area (TPSA) is 12.0 Å².